The third-order valence-corrected chi connectivity index (χ3v) is 5.49. The standard InChI is InChI=1S/C13H26N2O2S/c1-13(7-3-2-4-8-13)11-15-18(16,17)10-9-14-12-5-6-12/h12,14-15H,2-11H2,1H3. The number of hydrogen-bond donors (Lipinski definition) is 2. The molecule has 5 heteroatoms. The molecule has 0 aromatic heterocycles. The predicted molar refractivity (Wildman–Crippen MR) is 74.0 cm³/mol. The van der Waals surface area contributed by atoms with Crippen molar-refractivity contribution in [3.05, 3.63) is 0 Å². The van der Waals surface area contributed by atoms with Gasteiger partial charge in [0.1, 0.15) is 0 Å². The molecule has 0 saturated heterocycles. The summed E-state index contributed by atoms with van der Waals surface area (Å²) < 4.78 is 26.5. The molecule has 4 nitrogen and oxygen atoms in total. The van der Waals surface area contributed by atoms with E-state index in [1.165, 1.54) is 32.1 Å². The summed E-state index contributed by atoms with van der Waals surface area (Å²) in [6.07, 6.45) is 8.47. The predicted octanol–water partition coefficient (Wildman–Crippen LogP) is 1.63. The Labute approximate surface area is 111 Å². The van der Waals surface area contributed by atoms with Gasteiger partial charge in [0, 0.05) is 19.1 Å². The first kappa shape index (κ1) is 14.3. The van der Waals surface area contributed by atoms with Crippen LogP contribution in [0.3, 0.4) is 0 Å². The normalized spacial score (nSPS) is 24.1. The van der Waals surface area contributed by atoms with Gasteiger partial charge in [-0.2, -0.15) is 0 Å². The molecule has 2 N–H and O–H groups in total. The zero-order chi connectivity index (χ0) is 13.1. The molecule has 2 saturated carbocycles. The topological polar surface area (TPSA) is 58.2 Å². The van der Waals surface area contributed by atoms with Gasteiger partial charge in [0.05, 0.1) is 5.75 Å². The van der Waals surface area contributed by atoms with Crippen LogP contribution in [0.25, 0.3) is 0 Å². The fourth-order valence-corrected chi connectivity index (χ4v) is 3.72. The first-order chi connectivity index (χ1) is 8.49. The smallest absolute Gasteiger partial charge is 0.212 e. The SMILES string of the molecule is CC1(CNS(=O)(=O)CCNC2CC2)CCCCC1. The highest BCUT2D eigenvalue weighted by Crippen LogP contribution is 2.35. The van der Waals surface area contributed by atoms with Crippen molar-refractivity contribution in [2.45, 2.75) is 57.9 Å². The van der Waals surface area contributed by atoms with Crippen molar-refractivity contribution in [3.63, 3.8) is 0 Å². The van der Waals surface area contributed by atoms with Gasteiger partial charge in [-0.25, -0.2) is 13.1 Å². The fraction of sp³-hybridized carbons (Fsp3) is 1.00. The molecule has 2 fully saturated rings. The van der Waals surface area contributed by atoms with Crippen molar-refractivity contribution in [3.8, 4) is 0 Å². The van der Waals surface area contributed by atoms with Crippen LogP contribution in [-0.2, 0) is 10.0 Å². The Morgan fingerprint density at radius 3 is 2.44 bits per heavy atom. The van der Waals surface area contributed by atoms with Crippen LogP contribution in [0, 0.1) is 5.41 Å². The molecule has 0 spiro atoms. The van der Waals surface area contributed by atoms with E-state index in [2.05, 4.69) is 17.0 Å². The molecule has 2 aliphatic rings. The molecule has 0 radical (unpaired) electrons. The highest BCUT2D eigenvalue weighted by molar-refractivity contribution is 7.89. The minimum absolute atomic E-state index is 0.176. The summed E-state index contributed by atoms with van der Waals surface area (Å²) in [4.78, 5) is 0. The summed E-state index contributed by atoms with van der Waals surface area (Å²) in [5.41, 5.74) is 0.176. The maximum absolute atomic E-state index is 11.9. The Hall–Kier alpha value is -0.130. The van der Waals surface area contributed by atoms with Gasteiger partial charge >= 0.3 is 0 Å². The summed E-state index contributed by atoms with van der Waals surface area (Å²) in [5, 5.41) is 3.24. The second kappa shape index (κ2) is 5.88. The van der Waals surface area contributed by atoms with Crippen LogP contribution in [0.4, 0.5) is 0 Å². The second-order valence-corrected chi connectivity index (χ2v) is 8.17. The Morgan fingerprint density at radius 1 is 1.17 bits per heavy atom. The lowest BCUT2D eigenvalue weighted by molar-refractivity contribution is 0.219. The van der Waals surface area contributed by atoms with E-state index in [0.29, 0.717) is 19.1 Å². The molecule has 0 aromatic rings. The Balaban J connectivity index is 1.69. The van der Waals surface area contributed by atoms with Crippen LogP contribution in [0.15, 0.2) is 0 Å². The van der Waals surface area contributed by atoms with E-state index in [-0.39, 0.29) is 11.2 Å². The summed E-state index contributed by atoms with van der Waals surface area (Å²) in [6.45, 7) is 3.40. The minimum Gasteiger partial charge on any atom is -0.313 e. The zero-order valence-electron chi connectivity index (χ0n) is 11.4. The van der Waals surface area contributed by atoms with Crippen LogP contribution in [0.1, 0.15) is 51.9 Å². The second-order valence-electron chi connectivity index (χ2n) is 6.24. The Bertz CT molecular complexity index is 357. The summed E-state index contributed by atoms with van der Waals surface area (Å²) in [5.74, 6) is 0.208. The lowest BCUT2D eigenvalue weighted by Crippen LogP contribution is -2.39. The molecular formula is C13H26N2O2S. The largest absolute Gasteiger partial charge is 0.313 e. The fourth-order valence-electron chi connectivity index (χ4n) is 2.62. The lowest BCUT2D eigenvalue weighted by Gasteiger charge is -2.33. The molecule has 0 amide bonds. The zero-order valence-corrected chi connectivity index (χ0v) is 12.2. The molecule has 2 rings (SSSR count). The van der Waals surface area contributed by atoms with E-state index < -0.39 is 10.0 Å². The van der Waals surface area contributed by atoms with Crippen molar-refractivity contribution in [1.29, 1.82) is 0 Å². The van der Waals surface area contributed by atoms with E-state index in [1.807, 2.05) is 0 Å². The van der Waals surface area contributed by atoms with Crippen LogP contribution >= 0.6 is 0 Å². The highest BCUT2D eigenvalue weighted by atomic mass is 32.2. The molecule has 0 bridgehead atoms. The molecule has 0 atom stereocenters. The van der Waals surface area contributed by atoms with Crippen LogP contribution in [0.2, 0.25) is 0 Å². The molecule has 0 aromatic carbocycles. The van der Waals surface area contributed by atoms with Crippen molar-refractivity contribution >= 4 is 10.0 Å². The van der Waals surface area contributed by atoms with Gasteiger partial charge in [-0.1, -0.05) is 26.2 Å². The Morgan fingerprint density at radius 2 is 1.83 bits per heavy atom. The maximum atomic E-state index is 11.9. The minimum atomic E-state index is -3.10. The molecular weight excluding hydrogens is 248 g/mol. The lowest BCUT2D eigenvalue weighted by atomic mass is 9.76. The molecule has 106 valence electrons. The van der Waals surface area contributed by atoms with E-state index >= 15 is 0 Å². The van der Waals surface area contributed by atoms with Crippen molar-refractivity contribution in [2.24, 2.45) is 5.41 Å². The summed E-state index contributed by atoms with van der Waals surface area (Å²) in [6, 6.07) is 0.580. The molecule has 2 aliphatic carbocycles. The van der Waals surface area contributed by atoms with Gasteiger partial charge in [0.15, 0.2) is 0 Å². The Kier molecular flexibility index (Phi) is 4.67. The van der Waals surface area contributed by atoms with Crippen molar-refractivity contribution in [2.75, 3.05) is 18.8 Å². The highest BCUT2D eigenvalue weighted by Gasteiger charge is 2.28. The molecule has 18 heavy (non-hydrogen) atoms. The summed E-state index contributed by atoms with van der Waals surface area (Å²) in [7, 11) is -3.10. The maximum Gasteiger partial charge on any atom is 0.212 e. The molecule has 0 heterocycles. The van der Waals surface area contributed by atoms with E-state index in [9.17, 15) is 8.42 Å². The van der Waals surface area contributed by atoms with Crippen LogP contribution in [-0.4, -0.2) is 33.3 Å². The van der Waals surface area contributed by atoms with E-state index in [4.69, 9.17) is 0 Å². The van der Waals surface area contributed by atoms with Gasteiger partial charge in [-0.3, -0.25) is 0 Å². The van der Waals surface area contributed by atoms with Crippen molar-refractivity contribution in [1.82, 2.24) is 10.0 Å². The number of nitrogens with one attached hydrogen (secondary N) is 2. The van der Waals surface area contributed by atoms with Crippen molar-refractivity contribution < 1.29 is 8.42 Å². The first-order valence-electron chi connectivity index (χ1n) is 7.20. The van der Waals surface area contributed by atoms with Crippen LogP contribution in [0.5, 0.6) is 0 Å². The average molecular weight is 274 g/mol. The molecule has 0 unspecified atom stereocenters. The van der Waals surface area contributed by atoms with E-state index in [0.717, 1.165) is 12.8 Å². The first-order valence-corrected chi connectivity index (χ1v) is 8.85. The number of hydrogen-bond acceptors (Lipinski definition) is 3. The van der Waals surface area contributed by atoms with Gasteiger partial charge in [0.25, 0.3) is 0 Å². The van der Waals surface area contributed by atoms with Gasteiger partial charge in [-0.05, 0) is 31.1 Å². The third kappa shape index (κ3) is 4.86. The average Bonchev–Trinajstić information content (AvgIpc) is 3.12. The quantitative estimate of drug-likeness (QED) is 0.742. The van der Waals surface area contributed by atoms with Gasteiger partial charge < -0.3 is 5.32 Å². The number of sulfonamides is 1. The summed E-state index contributed by atoms with van der Waals surface area (Å²) >= 11 is 0. The van der Waals surface area contributed by atoms with Crippen LogP contribution < -0.4 is 10.0 Å². The van der Waals surface area contributed by atoms with E-state index in [1.54, 1.807) is 0 Å². The monoisotopic (exact) mass is 274 g/mol. The van der Waals surface area contributed by atoms with Gasteiger partial charge in [-0.15, -0.1) is 0 Å². The third-order valence-electron chi connectivity index (χ3n) is 4.16. The van der Waals surface area contributed by atoms with Gasteiger partial charge in [0.2, 0.25) is 10.0 Å². The molecule has 0 aliphatic heterocycles. The number of rotatable bonds is 7.